The second-order valence-electron chi connectivity index (χ2n) is 4.98. The average Bonchev–Trinajstić information content (AvgIpc) is 3.26. The lowest BCUT2D eigenvalue weighted by Gasteiger charge is -2.21. The highest BCUT2D eigenvalue weighted by atomic mass is 19.1. The number of nitrogens with zero attached hydrogens (tertiary/aromatic N) is 1. The number of hydrogen-bond donors (Lipinski definition) is 1. The molecule has 0 unspecified atom stereocenters. The summed E-state index contributed by atoms with van der Waals surface area (Å²) in [5.41, 5.74) is 6.21. The standard InChI is InChI=1S/C16H19FN2O/c1-2-19(11-12-5-6-12)16(20)15-10-14(17)8-7-13(15)4-3-9-18/h7-8,10,12H,2,5-6,9,11,18H2,1H3. The van der Waals surface area contributed by atoms with Gasteiger partial charge in [0.15, 0.2) is 0 Å². The van der Waals surface area contributed by atoms with Crippen LogP contribution >= 0.6 is 0 Å². The Morgan fingerprint density at radius 1 is 1.50 bits per heavy atom. The second-order valence-corrected chi connectivity index (χ2v) is 4.98. The van der Waals surface area contributed by atoms with Gasteiger partial charge in [0.05, 0.1) is 12.1 Å². The highest BCUT2D eigenvalue weighted by Gasteiger charge is 2.27. The molecule has 0 bridgehead atoms. The third-order valence-corrected chi connectivity index (χ3v) is 3.38. The van der Waals surface area contributed by atoms with Crippen molar-refractivity contribution >= 4 is 5.91 Å². The summed E-state index contributed by atoms with van der Waals surface area (Å²) in [5.74, 6) is 5.58. The SMILES string of the molecule is CCN(CC1CC1)C(=O)c1cc(F)ccc1C#CCN. The van der Waals surface area contributed by atoms with E-state index in [4.69, 9.17) is 5.73 Å². The van der Waals surface area contributed by atoms with E-state index in [1.54, 1.807) is 4.90 Å². The number of carbonyl (C=O) groups is 1. The van der Waals surface area contributed by atoms with Gasteiger partial charge < -0.3 is 10.6 Å². The Morgan fingerprint density at radius 2 is 2.25 bits per heavy atom. The molecule has 3 nitrogen and oxygen atoms in total. The van der Waals surface area contributed by atoms with Gasteiger partial charge in [-0.2, -0.15) is 0 Å². The number of carbonyl (C=O) groups excluding carboxylic acids is 1. The molecule has 2 N–H and O–H groups in total. The molecule has 1 fully saturated rings. The molecule has 0 aromatic heterocycles. The summed E-state index contributed by atoms with van der Waals surface area (Å²) in [7, 11) is 0. The number of hydrogen-bond acceptors (Lipinski definition) is 2. The zero-order chi connectivity index (χ0) is 14.5. The van der Waals surface area contributed by atoms with Crippen molar-refractivity contribution in [3.8, 4) is 11.8 Å². The lowest BCUT2D eigenvalue weighted by Crippen LogP contribution is -2.33. The molecule has 0 spiro atoms. The van der Waals surface area contributed by atoms with Gasteiger partial charge in [-0.15, -0.1) is 0 Å². The van der Waals surface area contributed by atoms with Crippen molar-refractivity contribution in [3.05, 3.63) is 35.1 Å². The van der Waals surface area contributed by atoms with Gasteiger partial charge in [0.1, 0.15) is 5.82 Å². The Balaban J connectivity index is 2.28. The Kier molecular flexibility index (Phi) is 4.75. The summed E-state index contributed by atoms with van der Waals surface area (Å²) in [6, 6.07) is 4.11. The molecule has 1 saturated carbocycles. The third-order valence-electron chi connectivity index (χ3n) is 3.38. The topological polar surface area (TPSA) is 46.3 Å². The molecule has 2 rings (SSSR count). The van der Waals surface area contributed by atoms with Crippen molar-refractivity contribution in [2.45, 2.75) is 19.8 Å². The molecular formula is C16H19FN2O. The monoisotopic (exact) mass is 274 g/mol. The highest BCUT2D eigenvalue weighted by Crippen LogP contribution is 2.30. The van der Waals surface area contributed by atoms with E-state index in [1.807, 2.05) is 6.92 Å². The molecular weight excluding hydrogens is 255 g/mol. The fourth-order valence-corrected chi connectivity index (χ4v) is 2.09. The number of nitrogens with two attached hydrogens (primary N) is 1. The largest absolute Gasteiger partial charge is 0.339 e. The van der Waals surface area contributed by atoms with E-state index in [2.05, 4.69) is 11.8 Å². The second kappa shape index (κ2) is 6.53. The highest BCUT2D eigenvalue weighted by molar-refractivity contribution is 5.96. The number of amides is 1. The van der Waals surface area contributed by atoms with E-state index in [0.29, 0.717) is 23.6 Å². The van der Waals surface area contributed by atoms with Crippen molar-refractivity contribution in [2.75, 3.05) is 19.6 Å². The predicted octanol–water partition coefficient (Wildman–Crippen LogP) is 2.01. The molecule has 1 aromatic rings. The lowest BCUT2D eigenvalue weighted by molar-refractivity contribution is 0.0756. The van der Waals surface area contributed by atoms with Gasteiger partial charge in [0.2, 0.25) is 0 Å². The van der Waals surface area contributed by atoms with E-state index >= 15 is 0 Å². The maximum absolute atomic E-state index is 13.4. The van der Waals surface area contributed by atoms with Crippen LogP contribution in [-0.4, -0.2) is 30.4 Å². The summed E-state index contributed by atoms with van der Waals surface area (Å²) in [6.07, 6.45) is 2.35. The van der Waals surface area contributed by atoms with Gasteiger partial charge >= 0.3 is 0 Å². The first-order valence-electron chi connectivity index (χ1n) is 6.93. The van der Waals surface area contributed by atoms with Gasteiger partial charge in [-0.05, 0) is 43.9 Å². The maximum atomic E-state index is 13.4. The summed E-state index contributed by atoms with van der Waals surface area (Å²) in [4.78, 5) is 14.3. The van der Waals surface area contributed by atoms with Gasteiger partial charge in [-0.25, -0.2) is 4.39 Å². The molecule has 1 aliphatic carbocycles. The molecule has 1 aliphatic rings. The van der Waals surface area contributed by atoms with Crippen molar-refractivity contribution < 1.29 is 9.18 Å². The minimum absolute atomic E-state index is 0.153. The van der Waals surface area contributed by atoms with Crippen LogP contribution in [0.1, 0.15) is 35.7 Å². The fourth-order valence-electron chi connectivity index (χ4n) is 2.09. The van der Waals surface area contributed by atoms with Crippen LogP contribution in [0.5, 0.6) is 0 Å². The molecule has 1 amide bonds. The maximum Gasteiger partial charge on any atom is 0.255 e. The van der Waals surface area contributed by atoms with Crippen LogP contribution < -0.4 is 5.73 Å². The van der Waals surface area contributed by atoms with Crippen LogP contribution in [0.15, 0.2) is 18.2 Å². The van der Waals surface area contributed by atoms with Crippen molar-refractivity contribution in [2.24, 2.45) is 11.7 Å². The van der Waals surface area contributed by atoms with E-state index in [9.17, 15) is 9.18 Å². The Labute approximate surface area is 119 Å². The summed E-state index contributed by atoms with van der Waals surface area (Å²) in [5, 5.41) is 0. The molecule has 4 heteroatoms. The normalized spacial score (nSPS) is 13.6. The Hall–Kier alpha value is -1.86. The van der Waals surface area contributed by atoms with Gasteiger partial charge in [0, 0.05) is 18.7 Å². The lowest BCUT2D eigenvalue weighted by atomic mass is 10.1. The quantitative estimate of drug-likeness (QED) is 0.854. The summed E-state index contributed by atoms with van der Waals surface area (Å²) >= 11 is 0. The number of halogens is 1. The first-order valence-corrected chi connectivity index (χ1v) is 6.93. The molecule has 0 aliphatic heterocycles. The van der Waals surface area contributed by atoms with Crippen molar-refractivity contribution in [1.82, 2.24) is 4.90 Å². The summed E-state index contributed by atoms with van der Waals surface area (Å²) in [6.45, 7) is 3.51. The molecule has 1 aromatic carbocycles. The third kappa shape index (κ3) is 3.58. The smallest absolute Gasteiger partial charge is 0.255 e. The Morgan fingerprint density at radius 3 is 2.85 bits per heavy atom. The van der Waals surface area contributed by atoms with Gasteiger partial charge in [-0.1, -0.05) is 11.8 Å². The molecule has 106 valence electrons. The van der Waals surface area contributed by atoms with Crippen LogP contribution in [0.4, 0.5) is 4.39 Å². The predicted molar refractivity (Wildman–Crippen MR) is 76.6 cm³/mol. The molecule has 20 heavy (non-hydrogen) atoms. The average molecular weight is 274 g/mol. The van der Waals surface area contributed by atoms with E-state index < -0.39 is 5.82 Å². The molecule has 0 atom stereocenters. The van der Waals surface area contributed by atoms with Crippen molar-refractivity contribution in [3.63, 3.8) is 0 Å². The Bertz CT molecular complexity index is 555. The van der Waals surface area contributed by atoms with E-state index in [-0.39, 0.29) is 12.5 Å². The van der Waals surface area contributed by atoms with Crippen LogP contribution in [0.2, 0.25) is 0 Å². The van der Waals surface area contributed by atoms with E-state index in [0.717, 1.165) is 6.54 Å². The minimum atomic E-state index is -0.422. The van der Waals surface area contributed by atoms with Crippen LogP contribution in [0, 0.1) is 23.6 Å². The van der Waals surface area contributed by atoms with Crippen LogP contribution in [0.25, 0.3) is 0 Å². The molecule has 0 radical (unpaired) electrons. The van der Waals surface area contributed by atoms with Gasteiger partial charge in [-0.3, -0.25) is 4.79 Å². The minimum Gasteiger partial charge on any atom is -0.339 e. The van der Waals surface area contributed by atoms with Crippen LogP contribution in [0.3, 0.4) is 0 Å². The van der Waals surface area contributed by atoms with Crippen LogP contribution in [-0.2, 0) is 0 Å². The first-order chi connectivity index (χ1) is 9.65. The van der Waals surface area contributed by atoms with Gasteiger partial charge in [0.25, 0.3) is 5.91 Å². The molecule has 0 saturated heterocycles. The number of benzene rings is 1. The fraction of sp³-hybridized carbons (Fsp3) is 0.438. The van der Waals surface area contributed by atoms with Crippen molar-refractivity contribution in [1.29, 1.82) is 0 Å². The zero-order valence-corrected chi connectivity index (χ0v) is 11.7. The zero-order valence-electron chi connectivity index (χ0n) is 11.7. The summed E-state index contributed by atoms with van der Waals surface area (Å²) < 4.78 is 13.4. The molecule has 0 heterocycles. The number of rotatable bonds is 4. The first kappa shape index (κ1) is 14.5. The van der Waals surface area contributed by atoms with E-state index in [1.165, 1.54) is 31.0 Å².